The monoisotopic (exact) mass is 233 g/mol. The van der Waals surface area contributed by atoms with Crippen LogP contribution >= 0.6 is 11.8 Å². The number of esters is 1. The molecule has 0 aromatic carbocycles. The average molecular weight is 233 g/mol. The van der Waals surface area contributed by atoms with Gasteiger partial charge in [0, 0.05) is 10.3 Å². The van der Waals surface area contributed by atoms with Gasteiger partial charge in [0.2, 0.25) is 6.54 Å². The Kier molecular flexibility index (Phi) is 4.38. The van der Waals surface area contributed by atoms with Gasteiger partial charge in [-0.2, -0.15) is 11.8 Å². The molecule has 0 atom stereocenters. The molecule has 6 heteroatoms. The third kappa shape index (κ3) is 3.70. The molecule has 0 aromatic heterocycles. The van der Waals surface area contributed by atoms with E-state index in [2.05, 4.69) is 4.74 Å². The molecule has 0 N–H and O–H groups in total. The summed E-state index contributed by atoms with van der Waals surface area (Å²) >= 11 is 1.78. The lowest BCUT2D eigenvalue weighted by Gasteiger charge is -2.32. The number of nitrogens with zero attached hydrogens (tertiary/aromatic N) is 1. The van der Waals surface area contributed by atoms with Gasteiger partial charge in [-0.15, -0.1) is 0 Å². The van der Waals surface area contributed by atoms with Crippen LogP contribution in [-0.4, -0.2) is 36.1 Å². The van der Waals surface area contributed by atoms with Gasteiger partial charge in [0.15, 0.2) is 0 Å². The highest BCUT2D eigenvalue weighted by Crippen LogP contribution is 2.38. The topological polar surface area (TPSA) is 69.4 Å². The molecule has 0 radical (unpaired) electrons. The molecule has 1 heterocycles. The first-order chi connectivity index (χ1) is 7.08. The Morgan fingerprint density at radius 2 is 2.13 bits per heavy atom. The number of hydrogen-bond donors (Lipinski definition) is 0. The first-order valence-corrected chi connectivity index (χ1v) is 6.00. The highest BCUT2D eigenvalue weighted by atomic mass is 32.2. The van der Waals surface area contributed by atoms with Crippen molar-refractivity contribution >= 4 is 17.7 Å². The van der Waals surface area contributed by atoms with Gasteiger partial charge in [0.05, 0.1) is 13.5 Å². The minimum atomic E-state index is -0.470. The van der Waals surface area contributed by atoms with Crippen LogP contribution in [-0.2, 0) is 9.53 Å². The quantitative estimate of drug-likeness (QED) is 0.416. The fraction of sp³-hybridized carbons (Fsp3) is 0.889. The Hall–Kier alpha value is -0.780. The van der Waals surface area contributed by atoms with Crippen LogP contribution in [0.3, 0.4) is 0 Å². The number of rotatable bonds is 4. The number of carbonyl (C=O) groups is 1. The number of hydrogen-bond acceptors (Lipinski definition) is 5. The Balaban J connectivity index is 2.65. The van der Waals surface area contributed by atoms with Crippen molar-refractivity contribution in [3.8, 4) is 0 Å². The molecule has 0 amide bonds. The molecule has 0 bridgehead atoms. The normalized spacial score (nSPS) is 19.5. The van der Waals surface area contributed by atoms with Crippen molar-refractivity contribution in [1.82, 2.24) is 0 Å². The van der Waals surface area contributed by atoms with E-state index in [1.165, 1.54) is 7.11 Å². The molecule has 1 aliphatic heterocycles. The predicted octanol–water partition coefficient (Wildman–Crippen LogP) is 1.34. The van der Waals surface area contributed by atoms with Crippen LogP contribution in [0, 0.1) is 15.5 Å². The maximum Gasteiger partial charge on any atom is 0.306 e. The molecular formula is C9H15NO4S. The fourth-order valence-electron chi connectivity index (χ4n) is 1.85. The van der Waals surface area contributed by atoms with Crippen LogP contribution in [0.4, 0.5) is 0 Å². The van der Waals surface area contributed by atoms with Crippen molar-refractivity contribution in [1.29, 1.82) is 0 Å². The van der Waals surface area contributed by atoms with Crippen LogP contribution in [0.2, 0.25) is 0 Å². The van der Waals surface area contributed by atoms with Gasteiger partial charge in [-0.05, 0) is 24.3 Å². The van der Waals surface area contributed by atoms with Gasteiger partial charge in [0.1, 0.15) is 0 Å². The van der Waals surface area contributed by atoms with Crippen molar-refractivity contribution in [3.05, 3.63) is 10.1 Å². The van der Waals surface area contributed by atoms with Crippen LogP contribution in [0.1, 0.15) is 19.3 Å². The maximum atomic E-state index is 11.2. The summed E-state index contributed by atoms with van der Waals surface area (Å²) in [6.07, 6.45) is 1.63. The molecule has 15 heavy (non-hydrogen) atoms. The molecule has 1 fully saturated rings. The summed E-state index contributed by atoms with van der Waals surface area (Å²) in [6, 6.07) is 0. The van der Waals surface area contributed by atoms with Crippen molar-refractivity contribution in [3.63, 3.8) is 0 Å². The minimum absolute atomic E-state index is 0.122. The molecule has 0 spiro atoms. The molecule has 1 rings (SSSR count). The van der Waals surface area contributed by atoms with Gasteiger partial charge in [0.25, 0.3) is 0 Å². The highest BCUT2D eigenvalue weighted by molar-refractivity contribution is 7.99. The van der Waals surface area contributed by atoms with Crippen LogP contribution in [0.25, 0.3) is 0 Å². The number of ether oxygens (including phenoxy) is 1. The van der Waals surface area contributed by atoms with E-state index < -0.39 is 5.41 Å². The van der Waals surface area contributed by atoms with E-state index in [4.69, 9.17) is 0 Å². The summed E-state index contributed by atoms with van der Waals surface area (Å²) in [7, 11) is 1.32. The van der Waals surface area contributed by atoms with E-state index in [9.17, 15) is 14.9 Å². The first-order valence-electron chi connectivity index (χ1n) is 4.84. The Morgan fingerprint density at radius 1 is 1.53 bits per heavy atom. The lowest BCUT2D eigenvalue weighted by molar-refractivity contribution is -0.498. The summed E-state index contributed by atoms with van der Waals surface area (Å²) < 4.78 is 4.59. The van der Waals surface area contributed by atoms with Crippen LogP contribution in [0.15, 0.2) is 0 Å². The summed E-state index contributed by atoms with van der Waals surface area (Å²) in [5.41, 5.74) is -0.470. The zero-order valence-electron chi connectivity index (χ0n) is 8.73. The molecule has 0 saturated carbocycles. The summed E-state index contributed by atoms with van der Waals surface area (Å²) in [5.74, 6) is 1.44. The molecular weight excluding hydrogens is 218 g/mol. The predicted molar refractivity (Wildman–Crippen MR) is 57.5 cm³/mol. The largest absolute Gasteiger partial charge is 0.469 e. The molecule has 0 aromatic rings. The van der Waals surface area contributed by atoms with Crippen molar-refractivity contribution in [2.45, 2.75) is 19.3 Å². The number of nitro groups is 1. The second kappa shape index (κ2) is 5.34. The van der Waals surface area contributed by atoms with Crippen LogP contribution < -0.4 is 0 Å². The average Bonchev–Trinajstić information content (AvgIpc) is 2.17. The molecule has 0 unspecified atom stereocenters. The second-order valence-corrected chi connectivity index (χ2v) is 5.08. The highest BCUT2D eigenvalue weighted by Gasteiger charge is 2.39. The summed E-state index contributed by atoms with van der Waals surface area (Å²) in [6.45, 7) is -0.122. The fourth-order valence-corrected chi connectivity index (χ4v) is 3.21. The number of carbonyl (C=O) groups excluding carboxylic acids is 1. The van der Waals surface area contributed by atoms with Crippen molar-refractivity contribution in [2.24, 2.45) is 5.41 Å². The number of thioether (sulfide) groups is 1. The molecule has 5 nitrogen and oxygen atoms in total. The Bertz CT molecular complexity index is 250. The van der Waals surface area contributed by atoms with Gasteiger partial charge < -0.3 is 4.74 Å². The van der Waals surface area contributed by atoms with Crippen molar-refractivity contribution < 1.29 is 14.5 Å². The van der Waals surface area contributed by atoms with E-state index in [1.807, 2.05) is 0 Å². The summed E-state index contributed by atoms with van der Waals surface area (Å²) in [5, 5.41) is 10.6. The standard InChI is InChI=1S/C9H15NO4S/c1-14-8(11)6-9(7-10(12)13)2-4-15-5-3-9/h2-7H2,1H3. The molecule has 1 aliphatic rings. The maximum absolute atomic E-state index is 11.2. The Labute approximate surface area is 92.7 Å². The SMILES string of the molecule is COC(=O)CC1(C[N+](=O)[O-])CCSCC1. The lowest BCUT2D eigenvalue weighted by atomic mass is 9.79. The van der Waals surface area contributed by atoms with E-state index in [0.717, 1.165) is 24.3 Å². The van der Waals surface area contributed by atoms with Gasteiger partial charge in [-0.1, -0.05) is 0 Å². The van der Waals surface area contributed by atoms with E-state index >= 15 is 0 Å². The molecule has 86 valence electrons. The smallest absolute Gasteiger partial charge is 0.306 e. The van der Waals surface area contributed by atoms with Gasteiger partial charge in [-0.25, -0.2) is 0 Å². The number of methoxy groups -OCH3 is 1. The van der Waals surface area contributed by atoms with Gasteiger partial charge >= 0.3 is 5.97 Å². The Morgan fingerprint density at radius 3 is 2.60 bits per heavy atom. The van der Waals surface area contributed by atoms with E-state index in [0.29, 0.717) is 0 Å². The summed E-state index contributed by atoms with van der Waals surface area (Å²) in [4.78, 5) is 21.5. The van der Waals surface area contributed by atoms with E-state index in [-0.39, 0.29) is 23.9 Å². The van der Waals surface area contributed by atoms with Gasteiger partial charge in [-0.3, -0.25) is 14.9 Å². The molecule has 0 aliphatic carbocycles. The zero-order valence-corrected chi connectivity index (χ0v) is 9.55. The second-order valence-electron chi connectivity index (χ2n) is 3.86. The lowest BCUT2D eigenvalue weighted by Crippen LogP contribution is -2.36. The third-order valence-corrected chi connectivity index (χ3v) is 3.75. The van der Waals surface area contributed by atoms with Crippen LogP contribution in [0.5, 0.6) is 0 Å². The molecule has 1 saturated heterocycles. The zero-order chi connectivity index (χ0) is 11.3. The first kappa shape index (κ1) is 12.3. The van der Waals surface area contributed by atoms with E-state index in [1.54, 1.807) is 11.8 Å². The minimum Gasteiger partial charge on any atom is -0.469 e. The van der Waals surface area contributed by atoms with Crippen molar-refractivity contribution in [2.75, 3.05) is 25.2 Å². The third-order valence-electron chi connectivity index (χ3n) is 2.76.